The third kappa shape index (κ3) is 7.73. The number of hydrogen-bond donors (Lipinski definition) is 0. The van der Waals surface area contributed by atoms with Crippen molar-refractivity contribution in [2.75, 3.05) is 20.8 Å². The van der Waals surface area contributed by atoms with E-state index in [1.807, 2.05) is 69.3 Å². The van der Waals surface area contributed by atoms with E-state index in [4.69, 9.17) is 14.2 Å². The van der Waals surface area contributed by atoms with Gasteiger partial charge in [0.15, 0.2) is 11.5 Å². The minimum atomic E-state index is -0.533. The molecule has 3 aromatic carbocycles. The van der Waals surface area contributed by atoms with Crippen LogP contribution in [-0.2, 0) is 17.7 Å². The van der Waals surface area contributed by atoms with Gasteiger partial charge in [0.1, 0.15) is 5.60 Å². The molecule has 5 nitrogen and oxygen atoms in total. The molecule has 0 spiro atoms. The summed E-state index contributed by atoms with van der Waals surface area (Å²) in [4.78, 5) is 16.8. The van der Waals surface area contributed by atoms with Crippen LogP contribution in [0.2, 0.25) is 0 Å². The Labute approximate surface area is 207 Å². The Kier molecular flexibility index (Phi) is 8.88. The Balaban J connectivity index is 1.64. The fourth-order valence-corrected chi connectivity index (χ4v) is 4.22. The van der Waals surface area contributed by atoms with Crippen molar-refractivity contribution in [3.05, 3.63) is 83.9 Å². The van der Waals surface area contributed by atoms with Gasteiger partial charge in [0.25, 0.3) is 0 Å². The highest BCUT2D eigenvalue weighted by Crippen LogP contribution is 2.35. The summed E-state index contributed by atoms with van der Waals surface area (Å²) in [5, 5.41) is 0. The highest BCUT2D eigenvalue weighted by atomic mass is 32.2. The monoisotopic (exact) mass is 479 g/mol. The second-order valence-electron chi connectivity index (χ2n) is 8.90. The molecule has 0 aliphatic heterocycles. The zero-order valence-corrected chi connectivity index (χ0v) is 21.4. The number of carbonyl (C=O) groups excluding carboxylic acids is 1. The maximum absolute atomic E-state index is 12.8. The van der Waals surface area contributed by atoms with Gasteiger partial charge in [0, 0.05) is 22.9 Å². The number of methoxy groups -OCH3 is 2. The largest absolute Gasteiger partial charge is 0.493 e. The van der Waals surface area contributed by atoms with E-state index < -0.39 is 5.60 Å². The molecule has 0 aromatic heterocycles. The Morgan fingerprint density at radius 2 is 1.47 bits per heavy atom. The fraction of sp³-hybridized carbons (Fsp3) is 0.321. The van der Waals surface area contributed by atoms with Gasteiger partial charge in [-0.3, -0.25) is 0 Å². The number of amides is 1. The van der Waals surface area contributed by atoms with Crippen LogP contribution in [0.15, 0.2) is 82.6 Å². The first-order valence-electron chi connectivity index (χ1n) is 11.3. The number of rotatable bonds is 9. The lowest BCUT2D eigenvalue weighted by atomic mass is 10.1. The van der Waals surface area contributed by atoms with Crippen LogP contribution in [0.4, 0.5) is 4.79 Å². The summed E-state index contributed by atoms with van der Waals surface area (Å²) in [5.74, 6) is 1.43. The minimum absolute atomic E-state index is 0.294. The fourth-order valence-electron chi connectivity index (χ4n) is 3.37. The smallest absolute Gasteiger partial charge is 0.410 e. The van der Waals surface area contributed by atoms with Crippen LogP contribution in [0.1, 0.15) is 31.9 Å². The average Bonchev–Trinajstić information content (AvgIpc) is 2.82. The van der Waals surface area contributed by atoms with Crippen molar-refractivity contribution in [2.45, 2.75) is 49.1 Å². The SMILES string of the molecule is COc1ccc(Sc2ccc(CCN(Cc3ccccc3)C(=O)OC(C)(C)C)cc2)cc1OC. The standard InChI is InChI=1S/C28H33NO4S/c1-28(2,3)33-27(30)29(20-22-9-7-6-8-10-22)18-17-21-11-13-23(14-12-21)34-24-15-16-25(31-4)26(19-24)32-5/h6-16,19H,17-18,20H2,1-5H3. The number of nitrogens with zero attached hydrogens (tertiary/aromatic N) is 1. The van der Waals surface area contributed by atoms with Crippen LogP contribution < -0.4 is 9.47 Å². The summed E-state index contributed by atoms with van der Waals surface area (Å²) in [6.07, 6.45) is 0.449. The lowest BCUT2D eigenvalue weighted by Gasteiger charge is -2.27. The quantitative estimate of drug-likeness (QED) is 0.336. The molecule has 0 fully saturated rings. The molecule has 0 heterocycles. The van der Waals surface area contributed by atoms with Gasteiger partial charge in [0.2, 0.25) is 0 Å². The molecule has 0 saturated carbocycles. The Bertz CT molecular complexity index is 1060. The van der Waals surface area contributed by atoms with E-state index >= 15 is 0 Å². The zero-order valence-electron chi connectivity index (χ0n) is 20.5. The zero-order chi connectivity index (χ0) is 24.6. The molecule has 0 atom stereocenters. The number of hydrogen-bond acceptors (Lipinski definition) is 5. The molecule has 3 rings (SSSR count). The van der Waals surface area contributed by atoms with Gasteiger partial charge in [-0.25, -0.2) is 4.79 Å². The first-order valence-corrected chi connectivity index (χ1v) is 12.1. The molecule has 0 unspecified atom stereocenters. The lowest BCUT2D eigenvalue weighted by molar-refractivity contribution is 0.0236. The van der Waals surface area contributed by atoms with Gasteiger partial charge >= 0.3 is 6.09 Å². The summed E-state index contributed by atoms with van der Waals surface area (Å²) in [6.45, 7) is 6.76. The molecule has 0 bridgehead atoms. The van der Waals surface area contributed by atoms with Gasteiger partial charge in [-0.2, -0.15) is 0 Å². The Morgan fingerprint density at radius 3 is 2.09 bits per heavy atom. The third-order valence-corrected chi connectivity index (χ3v) is 6.05. The van der Waals surface area contributed by atoms with E-state index in [9.17, 15) is 4.79 Å². The first-order chi connectivity index (χ1) is 16.3. The maximum Gasteiger partial charge on any atom is 0.410 e. The van der Waals surface area contributed by atoms with Crippen LogP contribution in [0, 0.1) is 0 Å². The molecule has 0 saturated heterocycles. The lowest BCUT2D eigenvalue weighted by Crippen LogP contribution is -2.37. The molecular weight excluding hydrogens is 446 g/mol. The number of benzene rings is 3. The van der Waals surface area contributed by atoms with Crippen molar-refractivity contribution in [3.8, 4) is 11.5 Å². The van der Waals surface area contributed by atoms with E-state index in [-0.39, 0.29) is 6.09 Å². The topological polar surface area (TPSA) is 48.0 Å². The highest BCUT2D eigenvalue weighted by molar-refractivity contribution is 7.99. The Hall–Kier alpha value is -3.12. The van der Waals surface area contributed by atoms with E-state index in [2.05, 4.69) is 24.3 Å². The van der Waals surface area contributed by atoms with E-state index in [0.717, 1.165) is 21.8 Å². The molecular formula is C28H33NO4S. The highest BCUT2D eigenvalue weighted by Gasteiger charge is 2.22. The van der Waals surface area contributed by atoms with E-state index in [1.165, 1.54) is 5.56 Å². The normalized spacial score (nSPS) is 11.1. The van der Waals surface area contributed by atoms with Gasteiger partial charge < -0.3 is 19.1 Å². The van der Waals surface area contributed by atoms with Gasteiger partial charge in [-0.05, 0) is 68.7 Å². The molecule has 1 amide bonds. The molecule has 0 aliphatic carbocycles. The van der Waals surface area contributed by atoms with Crippen LogP contribution in [0.3, 0.4) is 0 Å². The number of ether oxygens (including phenoxy) is 3. The summed E-state index contributed by atoms with van der Waals surface area (Å²) >= 11 is 1.66. The molecule has 180 valence electrons. The maximum atomic E-state index is 12.8. The third-order valence-electron chi connectivity index (χ3n) is 5.05. The van der Waals surface area contributed by atoms with Crippen LogP contribution >= 0.6 is 11.8 Å². The van der Waals surface area contributed by atoms with Gasteiger partial charge in [-0.1, -0.05) is 54.2 Å². The first kappa shape index (κ1) is 25.5. The summed E-state index contributed by atoms with van der Waals surface area (Å²) < 4.78 is 16.4. The molecule has 0 aliphatic rings. The minimum Gasteiger partial charge on any atom is -0.493 e. The van der Waals surface area contributed by atoms with Crippen LogP contribution in [0.25, 0.3) is 0 Å². The summed E-state index contributed by atoms with van der Waals surface area (Å²) in [6, 6.07) is 24.3. The molecule has 6 heteroatoms. The molecule has 0 radical (unpaired) electrons. The van der Waals surface area contributed by atoms with Crippen molar-refractivity contribution < 1.29 is 19.0 Å². The molecule has 3 aromatic rings. The Morgan fingerprint density at radius 1 is 0.824 bits per heavy atom. The van der Waals surface area contributed by atoms with Gasteiger partial charge in [0.05, 0.1) is 14.2 Å². The van der Waals surface area contributed by atoms with Crippen molar-refractivity contribution in [1.82, 2.24) is 4.90 Å². The van der Waals surface area contributed by atoms with Crippen molar-refractivity contribution >= 4 is 17.9 Å². The summed E-state index contributed by atoms with van der Waals surface area (Å²) in [7, 11) is 3.27. The second kappa shape index (κ2) is 11.8. The van der Waals surface area contributed by atoms with E-state index in [0.29, 0.717) is 24.6 Å². The van der Waals surface area contributed by atoms with Crippen molar-refractivity contribution in [3.63, 3.8) is 0 Å². The van der Waals surface area contributed by atoms with Gasteiger partial charge in [-0.15, -0.1) is 0 Å². The van der Waals surface area contributed by atoms with Crippen molar-refractivity contribution in [2.24, 2.45) is 0 Å². The van der Waals surface area contributed by atoms with Crippen molar-refractivity contribution in [1.29, 1.82) is 0 Å². The predicted octanol–water partition coefficient (Wildman–Crippen LogP) is 6.83. The van der Waals surface area contributed by atoms with E-state index in [1.54, 1.807) is 30.9 Å². The van der Waals surface area contributed by atoms with Crippen LogP contribution in [0.5, 0.6) is 11.5 Å². The number of carbonyl (C=O) groups is 1. The molecule has 34 heavy (non-hydrogen) atoms. The predicted molar refractivity (Wildman–Crippen MR) is 137 cm³/mol. The second-order valence-corrected chi connectivity index (χ2v) is 10.0. The summed E-state index contributed by atoms with van der Waals surface area (Å²) in [5.41, 5.74) is 1.71. The average molecular weight is 480 g/mol. The van der Waals surface area contributed by atoms with Crippen LogP contribution in [-0.4, -0.2) is 37.4 Å². The molecule has 0 N–H and O–H groups in total.